The van der Waals surface area contributed by atoms with Crippen LogP contribution in [0.3, 0.4) is 0 Å². The number of nitrogen functional groups attached to an aromatic ring is 1. The van der Waals surface area contributed by atoms with Crippen molar-refractivity contribution in [3.63, 3.8) is 0 Å². The van der Waals surface area contributed by atoms with Crippen molar-refractivity contribution in [2.24, 2.45) is 0 Å². The number of nitrogens with two attached hydrogens (primary N) is 1. The van der Waals surface area contributed by atoms with Crippen LogP contribution in [0.4, 0.5) is 20.2 Å². The SMILES string of the molecule is Cc1c(N)cccc1NCCC(F)F. The molecule has 14 heavy (non-hydrogen) atoms. The molecule has 0 aliphatic heterocycles. The molecule has 0 atom stereocenters. The molecule has 0 spiro atoms. The second-order valence-corrected chi connectivity index (χ2v) is 3.13. The molecule has 0 saturated heterocycles. The van der Waals surface area contributed by atoms with Crippen LogP contribution in [0.5, 0.6) is 0 Å². The van der Waals surface area contributed by atoms with Crippen LogP contribution in [-0.2, 0) is 0 Å². The van der Waals surface area contributed by atoms with Crippen molar-refractivity contribution in [2.75, 3.05) is 17.6 Å². The van der Waals surface area contributed by atoms with Crippen LogP contribution in [0.1, 0.15) is 12.0 Å². The lowest BCUT2D eigenvalue weighted by molar-refractivity contribution is 0.142. The molecule has 2 nitrogen and oxygen atoms in total. The molecule has 0 aromatic heterocycles. The van der Waals surface area contributed by atoms with Crippen molar-refractivity contribution in [3.05, 3.63) is 23.8 Å². The molecule has 0 aliphatic rings. The molecule has 0 unspecified atom stereocenters. The first-order valence-corrected chi connectivity index (χ1v) is 4.48. The molecule has 4 heteroatoms. The van der Waals surface area contributed by atoms with Crippen molar-refractivity contribution in [2.45, 2.75) is 19.8 Å². The van der Waals surface area contributed by atoms with E-state index < -0.39 is 6.43 Å². The molecule has 0 bridgehead atoms. The van der Waals surface area contributed by atoms with Gasteiger partial charge < -0.3 is 11.1 Å². The number of hydrogen-bond acceptors (Lipinski definition) is 2. The summed E-state index contributed by atoms with van der Waals surface area (Å²) in [6, 6.07) is 5.41. The van der Waals surface area contributed by atoms with Crippen molar-refractivity contribution in [1.29, 1.82) is 0 Å². The summed E-state index contributed by atoms with van der Waals surface area (Å²) < 4.78 is 23.7. The molecule has 1 aromatic rings. The Morgan fingerprint density at radius 1 is 1.43 bits per heavy atom. The molecule has 3 N–H and O–H groups in total. The Kier molecular flexibility index (Phi) is 3.68. The predicted molar refractivity (Wildman–Crippen MR) is 54.7 cm³/mol. The summed E-state index contributed by atoms with van der Waals surface area (Å²) in [5.74, 6) is 0. The van der Waals surface area contributed by atoms with E-state index in [4.69, 9.17) is 5.73 Å². The Hall–Kier alpha value is -1.32. The van der Waals surface area contributed by atoms with Crippen LogP contribution in [0.15, 0.2) is 18.2 Å². The minimum atomic E-state index is -2.26. The first-order valence-electron chi connectivity index (χ1n) is 4.48. The molecule has 0 radical (unpaired) electrons. The molecule has 1 aromatic carbocycles. The van der Waals surface area contributed by atoms with Gasteiger partial charge in [0.25, 0.3) is 0 Å². The Bertz CT molecular complexity index is 300. The molecule has 0 aliphatic carbocycles. The number of hydrogen-bond donors (Lipinski definition) is 2. The van der Waals surface area contributed by atoms with Crippen molar-refractivity contribution >= 4 is 11.4 Å². The van der Waals surface area contributed by atoms with Gasteiger partial charge in [-0.25, -0.2) is 8.78 Å². The average Bonchev–Trinajstić information content (AvgIpc) is 2.12. The third kappa shape index (κ3) is 2.87. The van der Waals surface area contributed by atoms with E-state index in [1.165, 1.54) is 0 Å². The van der Waals surface area contributed by atoms with Gasteiger partial charge in [-0.1, -0.05) is 6.07 Å². The number of halogens is 2. The summed E-state index contributed by atoms with van der Waals surface area (Å²) in [4.78, 5) is 0. The third-order valence-electron chi connectivity index (χ3n) is 2.05. The average molecular weight is 200 g/mol. The summed E-state index contributed by atoms with van der Waals surface area (Å²) >= 11 is 0. The van der Waals surface area contributed by atoms with E-state index in [9.17, 15) is 8.78 Å². The van der Waals surface area contributed by atoms with Crippen LogP contribution in [0, 0.1) is 6.92 Å². The topological polar surface area (TPSA) is 38.0 Å². The van der Waals surface area contributed by atoms with Gasteiger partial charge in [-0.3, -0.25) is 0 Å². The van der Waals surface area contributed by atoms with E-state index in [0.717, 1.165) is 11.3 Å². The fourth-order valence-electron chi connectivity index (χ4n) is 1.16. The highest BCUT2D eigenvalue weighted by atomic mass is 19.3. The van der Waals surface area contributed by atoms with E-state index in [1.54, 1.807) is 12.1 Å². The van der Waals surface area contributed by atoms with Gasteiger partial charge in [-0.15, -0.1) is 0 Å². The standard InChI is InChI=1S/C10H14F2N2/c1-7-8(13)3-2-4-9(7)14-6-5-10(11)12/h2-4,10,14H,5-6,13H2,1H3. The minimum Gasteiger partial charge on any atom is -0.398 e. The number of benzene rings is 1. The second kappa shape index (κ2) is 4.79. The Balaban J connectivity index is 2.54. The van der Waals surface area contributed by atoms with Gasteiger partial charge in [-0.05, 0) is 24.6 Å². The summed E-state index contributed by atoms with van der Waals surface area (Å²) in [5, 5.41) is 2.93. The summed E-state index contributed by atoms with van der Waals surface area (Å²) in [6.45, 7) is 2.13. The second-order valence-electron chi connectivity index (χ2n) is 3.13. The summed E-state index contributed by atoms with van der Waals surface area (Å²) in [6.07, 6.45) is -2.40. The quantitative estimate of drug-likeness (QED) is 0.733. The van der Waals surface area contributed by atoms with Crippen LogP contribution >= 0.6 is 0 Å². The van der Waals surface area contributed by atoms with Crippen LogP contribution in [-0.4, -0.2) is 13.0 Å². The highest BCUT2D eigenvalue weighted by molar-refractivity contribution is 5.62. The van der Waals surface area contributed by atoms with Gasteiger partial charge in [-0.2, -0.15) is 0 Å². The monoisotopic (exact) mass is 200 g/mol. The molecular formula is C10H14F2N2. The zero-order valence-corrected chi connectivity index (χ0v) is 8.06. The van der Waals surface area contributed by atoms with Crippen LogP contribution in [0.25, 0.3) is 0 Å². The van der Waals surface area contributed by atoms with E-state index >= 15 is 0 Å². The van der Waals surface area contributed by atoms with Crippen molar-refractivity contribution < 1.29 is 8.78 Å². The number of nitrogens with one attached hydrogen (secondary N) is 1. The lowest BCUT2D eigenvalue weighted by atomic mass is 10.1. The zero-order chi connectivity index (χ0) is 10.6. The number of rotatable bonds is 4. The first-order chi connectivity index (χ1) is 6.61. The van der Waals surface area contributed by atoms with Crippen molar-refractivity contribution in [1.82, 2.24) is 0 Å². The molecule has 0 fully saturated rings. The van der Waals surface area contributed by atoms with E-state index in [1.807, 2.05) is 13.0 Å². The zero-order valence-electron chi connectivity index (χ0n) is 8.06. The molecule has 78 valence electrons. The highest BCUT2D eigenvalue weighted by Crippen LogP contribution is 2.20. The number of alkyl halides is 2. The Morgan fingerprint density at radius 3 is 2.79 bits per heavy atom. The smallest absolute Gasteiger partial charge is 0.240 e. The summed E-state index contributed by atoms with van der Waals surface area (Å²) in [5.41, 5.74) is 8.07. The lowest BCUT2D eigenvalue weighted by Gasteiger charge is -2.10. The van der Waals surface area contributed by atoms with Crippen LogP contribution < -0.4 is 11.1 Å². The lowest BCUT2D eigenvalue weighted by Crippen LogP contribution is -2.07. The first kappa shape index (κ1) is 10.8. The third-order valence-corrected chi connectivity index (χ3v) is 2.05. The Labute approximate surface area is 82.1 Å². The number of anilines is 2. The maximum Gasteiger partial charge on any atom is 0.240 e. The van der Waals surface area contributed by atoms with Crippen molar-refractivity contribution in [3.8, 4) is 0 Å². The fraction of sp³-hybridized carbons (Fsp3) is 0.400. The fourth-order valence-corrected chi connectivity index (χ4v) is 1.16. The molecule has 1 rings (SSSR count). The van der Waals surface area contributed by atoms with Gasteiger partial charge in [0, 0.05) is 24.3 Å². The van der Waals surface area contributed by atoms with E-state index in [2.05, 4.69) is 5.32 Å². The van der Waals surface area contributed by atoms with Gasteiger partial charge in [0.1, 0.15) is 0 Å². The normalized spacial score (nSPS) is 10.6. The maximum absolute atomic E-state index is 11.9. The molecule has 0 heterocycles. The maximum atomic E-state index is 11.9. The van der Waals surface area contributed by atoms with Gasteiger partial charge in [0.2, 0.25) is 6.43 Å². The molecule has 0 amide bonds. The summed E-state index contributed by atoms with van der Waals surface area (Å²) in [7, 11) is 0. The van der Waals surface area contributed by atoms with Gasteiger partial charge in [0.15, 0.2) is 0 Å². The predicted octanol–water partition coefficient (Wildman–Crippen LogP) is 2.64. The van der Waals surface area contributed by atoms with Gasteiger partial charge >= 0.3 is 0 Å². The largest absolute Gasteiger partial charge is 0.398 e. The van der Waals surface area contributed by atoms with E-state index in [-0.39, 0.29) is 13.0 Å². The highest BCUT2D eigenvalue weighted by Gasteiger charge is 2.03. The molecule has 0 saturated carbocycles. The Morgan fingerprint density at radius 2 is 2.14 bits per heavy atom. The molecular weight excluding hydrogens is 186 g/mol. The van der Waals surface area contributed by atoms with Gasteiger partial charge in [0.05, 0.1) is 0 Å². The van der Waals surface area contributed by atoms with E-state index in [0.29, 0.717) is 5.69 Å². The minimum absolute atomic E-state index is 0.145. The van der Waals surface area contributed by atoms with Crippen LogP contribution in [0.2, 0.25) is 0 Å².